The van der Waals surface area contributed by atoms with Gasteiger partial charge in [0, 0.05) is 32.7 Å². The highest BCUT2D eigenvalue weighted by Gasteiger charge is 2.39. The molecule has 1 aromatic rings. The lowest BCUT2D eigenvalue weighted by molar-refractivity contribution is -0.157. The number of nitrogens with zero attached hydrogens (tertiary/aromatic N) is 3. The van der Waals surface area contributed by atoms with Crippen molar-refractivity contribution in [1.82, 2.24) is 20.4 Å². The van der Waals surface area contributed by atoms with Crippen LogP contribution in [0.5, 0.6) is 0 Å². The molecular weight excluding hydrogens is 305 g/mol. The number of likely N-dealkylation sites (tertiary alicyclic amines) is 1. The summed E-state index contributed by atoms with van der Waals surface area (Å²) in [5, 5.41) is 9.18. The quantitative estimate of drug-likeness (QED) is 0.852. The topological polar surface area (TPSA) is 80.5 Å². The standard InChI is InChI=1S/C12H17F3N4O3/c1-21-7-4-16-11(20)19-5-2-8(3-6-19)9-17-18-10(22-9)12(13,14)15/h8H,2-7H2,1H3,(H,16,20). The average molecular weight is 322 g/mol. The first kappa shape index (κ1) is 16.5. The molecule has 1 aliphatic rings. The van der Waals surface area contributed by atoms with E-state index in [9.17, 15) is 18.0 Å². The van der Waals surface area contributed by atoms with Crippen molar-refractivity contribution in [3.8, 4) is 0 Å². The molecule has 1 aromatic heterocycles. The summed E-state index contributed by atoms with van der Waals surface area (Å²) in [5.74, 6) is -1.61. The Morgan fingerprint density at radius 3 is 2.64 bits per heavy atom. The number of carbonyl (C=O) groups excluding carboxylic acids is 1. The third kappa shape index (κ3) is 4.09. The summed E-state index contributed by atoms with van der Waals surface area (Å²) in [4.78, 5) is 13.4. The molecule has 0 saturated carbocycles. The third-order valence-electron chi connectivity index (χ3n) is 3.40. The number of aromatic nitrogens is 2. The Morgan fingerprint density at radius 2 is 2.09 bits per heavy atom. The summed E-state index contributed by atoms with van der Waals surface area (Å²) in [6, 6.07) is -0.211. The first-order valence-electron chi connectivity index (χ1n) is 6.84. The summed E-state index contributed by atoms with van der Waals surface area (Å²) in [5.41, 5.74) is 0. The van der Waals surface area contributed by atoms with E-state index >= 15 is 0 Å². The maximum absolute atomic E-state index is 12.4. The number of urea groups is 1. The van der Waals surface area contributed by atoms with Gasteiger partial charge < -0.3 is 19.4 Å². The van der Waals surface area contributed by atoms with E-state index in [1.165, 1.54) is 7.11 Å². The molecule has 2 heterocycles. The summed E-state index contributed by atoms with van der Waals surface area (Å²) in [6.07, 6.45) is -3.67. The van der Waals surface area contributed by atoms with Gasteiger partial charge >= 0.3 is 18.1 Å². The van der Waals surface area contributed by atoms with E-state index in [1.54, 1.807) is 4.90 Å². The molecule has 124 valence electrons. The number of ether oxygens (including phenoxy) is 1. The second kappa shape index (κ2) is 6.95. The van der Waals surface area contributed by atoms with Gasteiger partial charge in [0.05, 0.1) is 6.61 Å². The minimum atomic E-state index is -4.63. The van der Waals surface area contributed by atoms with Crippen LogP contribution < -0.4 is 5.32 Å². The molecular formula is C12H17F3N4O3. The predicted octanol–water partition coefficient (Wildman–Crippen LogP) is 1.62. The monoisotopic (exact) mass is 322 g/mol. The number of amides is 2. The molecule has 10 heteroatoms. The van der Waals surface area contributed by atoms with Crippen molar-refractivity contribution in [2.24, 2.45) is 0 Å². The predicted molar refractivity (Wildman–Crippen MR) is 68.1 cm³/mol. The van der Waals surface area contributed by atoms with Crippen LogP contribution in [0.1, 0.15) is 30.5 Å². The van der Waals surface area contributed by atoms with Gasteiger partial charge in [-0.25, -0.2) is 4.79 Å². The van der Waals surface area contributed by atoms with Crippen molar-refractivity contribution >= 4 is 6.03 Å². The molecule has 22 heavy (non-hydrogen) atoms. The molecule has 2 amide bonds. The van der Waals surface area contributed by atoms with E-state index in [-0.39, 0.29) is 17.8 Å². The normalized spacial score (nSPS) is 16.8. The van der Waals surface area contributed by atoms with E-state index in [0.29, 0.717) is 39.1 Å². The van der Waals surface area contributed by atoms with Crippen LogP contribution in [-0.4, -0.2) is 54.5 Å². The first-order chi connectivity index (χ1) is 10.4. The van der Waals surface area contributed by atoms with E-state index in [1.807, 2.05) is 0 Å². The number of methoxy groups -OCH3 is 1. The fraction of sp³-hybridized carbons (Fsp3) is 0.750. The van der Waals surface area contributed by atoms with Crippen molar-refractivity contribution in [1.29, 1.82) is 0 Å². The SMILES string of the molecule is COCCNC(=O)N1CCC(c2nnc(C(F)(F)F)o2)CC1. The van der Waals surface area contributed by atoms with Gasteiger partial charge in [0.1, 0.15) is 0 Å². The number of piperidine rings is 1. The molecule has 0 spiro atoms. The van der Waals surface area contributed by atoms with Gasteiger partial charge in [0.15, 0.2) is 0 Å². The molecule has 0 unspecified atom stereocenters. The fourth-order valence-corrected chi connectivity index (χ4v) is 2.22. The molecule has 0 aliphatic carbocycles. The lowest BCUT2D eigenvalue weighted by Crippen LogP contribution is -2.45. The molecule has 1 aliphatic heterocycles. The molecule has 1 N–H and O–H groups in total. The summed E-state index contributed by atoms with van der Waals surface area (Å²) in [7, 11) is 1.54. The van der Waals surface area contributed by atoms with Crippen LogP contribution in [0.3, 0.4) is 0 Å². The van der Waals surface area contributed by atoms with Gasteiger partial charge in [0.25, 0.3) is 0 Å². The van der Waals surface area contributed by atoms with Crippen molar-refractivity contribution in [2.45, 2.75) is 24.9 Å². The van der Waals surface area contributed by atoms with Gasteiger partial charge in [0.2, 0.25) is 5.89 Å². The molecule has 0 aromatic carbocycles. The second-order valence-electron chi connectivity index (χ2n) is 4.93. The Hall–Kier alpha value is -1.84. The van der Waals surface area contributed by atoms with Crippen molar-refractivity contribution in [2.75, 3.05) is 33.4 Å². The van der Waals surface area contributed by atoms with Crippen LogP contribution in [-0.2, 0) is 10.9 Å². The second-order valence-corrected chi connectivity index (χ2v) is 4.93. The molecule has 0 radical (unpaired) electrons. The van der Waals surface area contributed by atoms with E-state index in [0.717, 1.165) is 0 Å². The highest BCUT2D eigenvalue weighted by Crippen LogP contribution is 2.32. The van der Waals surface area contributed by atoms with Gasteiger partial charge in [-0.05, 0) is 12.8 Å². The van der Waals surface area contributed by atoms with Crippen LogP contribution in [0.25, 0.3) is 0 Å². The first-order valence-corrected chi connectivity index (χ1v) is 6.84. The number of rotatable bonds is 4. The summed E-state index contributed by atoms with van der Waals surface area (Å²) < 4.78 is 46.8. The Bertz CT molecular complexity index is 498. The zero-order valence-corrected chi connectivity index (χ0v) is 12.0. The molecule has 0 bridgehead atoms. The average Bonchev–Trinajstić information content (AvgIpc) is 2.97. The zero-order chi connectivity index (χ0) is 16.2. The van der Waals surface area contributed by atoms with Gasteiger partial charge in [-0.15, -0.1) is 10.2 Å². The lowest BCUT2D eigenvalue weighted by atomic mass is 9.97. The van der Waals surface area contributed by atoms with Crippen molar-refractivity contribution in [3.63, 3.8) is 0 Å². The Labute approximate surface area is 124 Å². The van der Waals surface area contributed by atoms with Crippen molar-refractivity contribution < 1.29 is 27.1 Å². The highest BCUT2D eigenvalue weighted by atomic mass is 19.4. The van der Waals surface area contributed by atoms with Crippen molar-refractivity contribution in [3.05, 3.63) is 11.8 Å². The van der Waals surface area contributed by atoms with Gasteiger partial charge in [-0.2, -0.15) is 13.2 Å². The molecule has 0 atom stereocenters. The van der Waals surface area contributed by atoms with Crippen LogP contribution in [0, 0.1) is 0 Å². The Morgan fingerprint density at radius 1 is 1.41 bits per heavy atom. The van der Waals surface area contributed by atoms with E-state index in [2.05, 4.69) is 19.9 Å². The van der Waals surface area contributed by atoms with Gasteiger partial charge in [-0.1, -0.05) is 0 Å². The number of hydrogen-bond donors (Lipinski definition) is 1. The van der Waals surface area contributed by atoms with Crippen LogP contribution in [0.2, 0.25) is 0 Å². The summed E-state index contributed by atoms with van der Waals surface area (Å²) >= 11 is 0. The Kier molecular flexibility index (Phi) is 5.22. The Balaban J connectivity index is 1.84. The number of nitrogens with one attached hydrogen (secondary N) is 1. The van der Waals surface area contributed by atoms with E-state index in [4.69, 9.17) is 4.74 Å². The van der Waals surface area contributed by atoms with Gasteiger partial charge in [-0.3, -0.25) is 0 Å². The number of hydrogen-bond acceptors (Lipinski definition) is 5. The molecule has 1 fully saturated rings. The number of halogens is 3. The number of carbonyl (C=O) groups is 1. The van der Waals surface area contributed by atoms with Crippen LogP contribution >= 0.6 is 0 Å². The van der Waals surface area contributed by atoms with Crippen LogP contribution in [0.4, 0.5) is 18.0 Å². The molecule has 7 nitrogen and oxygen atoms in total. The maximum Gasteiger partial charge on any atom is 0.470 e. The minimum absolute atomic E-state index is 0.0215. The number of alkyl halides is 3. The largest absolute Gasteiger partial charge is 0.470 e. The maximum atomic E-state index is 12.4. The lowest BCUT2D eigenvalue weighted by Gasteiger charge is -2.30. The zero-order valence-electron chi connectivity index (χ0n) is 12.0. The molecule has 1 saturated heterocycles. The minimum Gasteiger partial charge on any atom is -0.417 e. The van der Waals surface area contributed by atoms with Crippen LogP contribution in [0.15, 0.2) is 4.42 Å². The fourth-order valence-electron chi connectivity index (χ4n) is 2.22. The molecule has 2 rings (SSSR count). The smallest absolute Gasteiger partial charge is 0.417 e. The summed E-state index contributed by atoms with van der Waals surface area (Å²) in [6.45, 7) is 1.68. The van der Waals surface area contributed by atoms with E-state index < -0.39 is 12.1 Å². The third-order valence-corrected chi connectivity index (χ3v) is 3.40. The highest BCUT2D eigenvalue weighted by molar-refractivity contribution is 5.74.